The Kier molecular flexibility index (Phi) is 4.67. The molecule has 1 aromatic carbocycles. The van der Waals surface area contributed by atoms with Gasteiger partial charge >= 0.3 is 0 Å². The van der Waals surface area contributed by atoms with Crippen LogP contribution in [-0.4, -0.2) is 5.11 Å². The van der Waals surface area contributed by atoms with Crippen LogP contribution in [0, 0.1) is 5.82 Å². The lowest BCUT2D eigenvalue weighted by Crippen LogP contribution is -2.02. The maximum absolute atomic E-state index is 12.9. The second-order valence-corrected chi connectivity index (χ2v) is 6.88. The Hall–Kier alpha value is -0.130. The summed E-state index contributed by atoms with van der Waals surface area (Å²) in [6.07, 6.45) is -0.420. The van der Waals surface area contributed by atoms with Gasteiger partial charge in [-0.1, -0.05) is 45.2 Å². The van der Waals surface area contributed by atoms with Gasteiger partial charge in [0.15, 0.2) is 0 Å². The molecule has 0 radical (unpaired) electrons. The average Bonchev–Trinajstić information content (AvgIpc) is 2.62. The molecule has 18 heavy (non-hydrogen) atoms. The third-order valence-electron chi connectivity index (χ3n) is 2.47. The Morgan fingerprint density at radius 2 is 2.06 bits per heavy atom. The van der Waals surface area contributed by atoms with Crippen molar-refractivity contribution in [3.63, 3.8) is 0 Å². The number of rotatable bonds is 3. The zero-order valence-corrected chi connectivity index (χ0v) is 12.9. The van der Waals surface area contributed by atoms with Crippen LogP contribution in [0.2, 0.25) is 8.67 Å². The largest absolute Gasteiger partial charge is 0.388 e. The standard InChI is InChI=1S/C12H8BrCl2FOS/c13-9-4-7(16)2-1-6(9)3-10(17)8-5-11(14)18-12(8)15/h1-2,4-5,10,17H,3H2. The number of benzene rings is 1. The topological polar surface area (TPSA) is 20.2 Å². The van der Waals surface area contributed by atoms with Crippen molar-refractivity contribution in [2.24, 2.45) is 0 Å². The third-order valence-corrected chi connectivity index (χ3v) is 4.73. The summed E-state index contributed by atoms with van der Waals surface area (Å²) in [4.78, 5) is 0. The van der Waals surface area contributed by atoms with Gasteiger partial charge in [-0.15, -0.1) is 11.3 Å². The molecular formula is C12H8BrCl2FOS. The molecule has 0 saturated heterocycles. The summed E-state index contributed by atoms with van der Waals surface area (Å²) in [5.41, 5.74) is 1.41. The van der Waals surface area contributed by atoms with Crippen LogP contribution in [-0.2, 0) is 6.42 Å². The SMILES string of the molecule is OC(Cc1ccc(F)cc1Br)c1cc(Cl)sc1Cl. The first-order valence-electron chi connectivity index (χ1n) is 5.04. The van der Waals surface area contributed by atoms with Crippen molar-refractivity contribution in [3.8, 4) is 0 Å². The van der Waals surface area contributed by atoms with Gasteiger partial charge in [-0.05, 0) is 23.8 Å². The van der Waals surface area contributed by atoms with E-state index in [4.69, 9.17) is 23.2 Å². The minimum absolute atomic E-state index is 0.322. The number of hydrogen-bond acceptors (Lipinski definition) is 2. The van der Waals surface area contributed by atoms with E-state index in [1.807, 2.05) is 0 Å². The maximum atomic E-state index is 12.9. The molecule has 1 atom stereocenters. The van der Waals surface area contributed by atoms with Crippen LogP contribution in [0.25, 0.3) is 0 Å². The monoisotopic (exact) mass is 368 g/mol. The Balaban J connectivity index is 2.21. The summed E-state index contributed by atoms with van der Waals surface area (Å²) in [5.74, 6) is -0.322. The van der Waals surface area contributed by atoms with Gasteiger partial charge in [0.1, 0.15) is 10.2 Å². The summed E-state index contributed by atoms with van der Waals surface area (Å²) in [5, 5.41) is 10.1. The first kappa shape index (κ1) is 14.3. The average molecular weight is 370 g/mol. The highest BCUT2D eigenvalue weighted by molar-refractivity contribution is 9.10. The summed E-state index contributed by atoms with van der Waals surface area (Å²) < 4.78 is 14.6. The van der Waals surface area contributed by atoms with E-state index in [2.05, 4.69) is 15.9 Å². The van der Waals surface area contributed by atoms with E-state index in [0.717, 1.165) is 5.56 Å². The number of aliphatic hydroxyl groups excluding tert-OH is 1. The molecule has 1 aromatic heterocycles. The van der Waals surface area contributed by atoms with Crippen LogP contribution in [0.4, 0.5) is 4.39 Å². The highest BCUT2D eigenvalue weighted by Gasteiger charge is 2.16. The molecule has 1 N–H and O–H groups in total. The van der Waals surface area contributed by atoms with Gasteiger partial charge in [-0.2, -0.15) is 0 Å². The van der Waals surface area contributed by atoms with Crippen molar-refractivity contribution in [1.29, 1.82) is 0 Å². The van der Waals surface area contributed by atoms with Crippen LogP contribution >= 0.6 is 50.5 Å². The highest BCUT2D eigenvalue weighted by atomic mass is 79.9. The molecule has 1 heterocycles. The molecule has 0 aliphatic heterocycles. The Morgan fingerprint density at radius 1 is 1.33 bits per heavy atom. The summed E-state index contributed by atoms with van der Waals surface area (Å²) in [6, 6.07) is 6.00. The maximum Gasteiger partial charge on any atom is 0.124 e. The minimum Gasteiger partial charge on any atom is -0.388 e. The van der Waals surface area contributed by atoms with Gasteiger partial charge in [0.25, 0.3) is 0 Å². The molecule has 6 heteroatoms. The predicted molar refractivity (Wildman–Crippen MR) is 77.1 cm³/mol. The zero-order valence-electron chi connectivity index (χ0n) is 8.96. The fraction of sp³-hybridized carbons (Fsp3) is 0.167. The second kappa shape index (κ2) is 5.88. The fourth-order valence-corrected chi connectivity index (χ4v) is 3.67. The normalized spacial score (nSPS) is 12.7. The molecule has 1 unspecified atom stereocenters. The van der Waals surface area contributed by atoms with Gasteiger partial charge in [-0.25, -0.2) is 4.39 Å². The fourth-order valence-electron chi connectivity index (χ4n) is 1.59. The number of thiophene rings is 1. The molecule has 96 valence electrons. The van der Waals surface area contributed by atoms with Crippen LogP contribution in [0.1, 0.15) is 17.2 Å². The molecule has 2 rings (SSSR count). The van der Waals surface area contributed by atoms with Crippen molar-refractivity contribution < 1.29 is 9.50 Å². The van der Waals surface area contributed by atoms with E-state index in [-0.39, 0.29) is 5.82 Å². The van der Waals surface area contributed by atoms with Crippen LogP contribution in [0.5, 0.6) is 0 Å². The van der Waals surface area contributed by atoms with Crippen LogP contribution in [0.3, 0.4) is 0 Å². The molecular weight excluding hydrogens is 362 g/mol. The molecule has 0 amide bonds. The van der Waals surface area contributed by atoms with E-state index in [0.29, 0.717) is 25.1 Å². The number of halogens is 4. The second-order valence-electron chi connectivity index (χ2n) is 3.74. The molecule has 1 nitrogen and oxygen atoms in total. The van der Waals surface area contributed by atoms with E-state index < -0.39 is 6.10 Å². The lowest BCUT2D eigenvalue weighted by atomic mass is 10.0. The van der Waals surface area contributed by atoms with Gasteiger partial charge in [-0.3, -0.25) is 0 Å². The zero-order chi connectivity index (χ0) is 13.3. The molecule has 0 saturated carbocycles. The summed E-state index contributed by atoms with van der Waals surface area (Å²) in [7, 11) is 0. The third kappa shape index (κ3) is 3.25. The smallest absolute Gasteiger partial charge is 0.124 e. The molecule has 0 spiro atoms. The minimum atomic E-state index is -0.761. The highest BCUT2D eigenvalue weighted by Crippen LogP contribution is 2.36. The Bertz CT molecular complexity index is 573. The van der Waals surface area contributed by atoms with Crippen molar-refractivity contribution in [2.75, 3.05) is 0 Å². The quantitative estimate of drug-likeness (QED) is 0.784. The van der Waals surface area contributed by atoms with E-state index >= 15 is 0 Å². The lowest BCUT2D eigenvalue weighted by molar-refractivity contribution is 0.179. The lowest BCUT2D eigenvalue weighted by Gasteiger charge is -2.11. The van der Waals surface area contributed by atoms with Gasteiger partial charge in [0.2, 0.25) is 0 Å². The van der Waals surface area contributed by atoms with E-state index in [1.165, 1.54) is 23.5 Å². The molecule has 2 aromatic rings. The van der Waals surface area contributed by atoms with Crippen molar-refractivity contribution in [1.82, 2.24) is 0 Å². The van der Waals surface area contributed by atoms with E-state index in [1.54, 1.807) is 12.1 Å². The van der Waals surface area contributed by atoms with Crippen LogP contribution < -0.4 is 0 Å². The first-order valence-corrected chi connectivity index (χ1v) is 7.40. The summed E-state index contributed by atoms with van der Waals surface area (Å²) >= 11 is 16.3. The van der Waals surface area contributed by atoms with Crippen molar-refractivity contribution in [3.05, 3.63) is 54.4 Å². The molecule has 0 fully saturated rings. The molecule has 0 bridgehead atoms. The predicted octanol–water partition coefficient (Wildman–Crippen LogP) is 5.23. The van der Waals surface area contributed by atoms with Gasteiger partial charge in [0, 0.05) is 16.5 Å². The van der Waals surface area contributed by atoms with Crippen molar-refractivity contribution in [2.45, 2.75) is 12.5 Å². The van der Waals surface area contributed by atoms with Crippen LogP contribution in [0.15, 0.2) is 28.7 Å². The van der Waals surface area contributed by atoms with Gasteiger partial charge in [0.05, 0.1) is 10.4 Å². The van der Waals surface area contributed by atoms with Crippen molar-refractivity contribution >= 4 is 50.5 Å². The Morgan fingerprint density at radius 3 is 2.61 bits per heavy atom. The van der Waals surface area contributed by atoms with Gasteiger partial charge < -0.3 is 5.11 Å². The number of aliphatic hydroxyl groups is 1. The number of hydrogen-bond donors (Lipinski definition) is 1. The molecule has 0 aliphatic carbocycles. The Labute approximate surface area is 126 Å². The first-order chi connectivity index (χ1) is 8.47. The molecule has 0 aliphatic rings. The van der Waals surface area contributed by atoms with E-state index in [9.17, 15) is 9.50 Å². The summed E-state index contributed by atoms with van der Waals surface area (Å²) in [6.45, 7) is 0.